The molecular formula is C21H23N7O3. The summed E-state index contributed by atoms with van der Waals surface area (Å²) in [5.74, 6) is 0.462. The van der Waals surface area contributed by atoms with Crippen LogP contribution in [0.25, 0.3) is 11.6 Å². The summed E-state index contributed by atoms with van der Waals surface area (Å²) >= 11 is 0. The second-order valence-electron chi connectivity index (χ2n) is 8.01. The molecule has 31 heavy (non-hydrogen) atoms. The summed E-state index contributed by atoms with van der Waals surface area (Å²) in [6, 6.07) is 8.34. The van der Waals surface area contributed by atoms with Gasteiger partial charge in [-0.05, 0) is 30.9 Å². The van der Waals surface area contributed by atoms with Crippen LogP contribution in [-0.2, 0) is 22.6 Å². The van der Waals surface area contributed by atoms with Gasteiger partial charge in [0.1, 0.15) is 0 Å². The Balaban J connectivity index is 1.14. The number of carbonyl (C=O) groups is 2. The first kappa shape index (κ1) is 19.4. The predicted octanol–water partition coefficient (Wildman–Crippen LogP) is 1.29. The number of nitrogens with one attached hydrogen (secondary N) is 1. The molecule has 0 spiro atoms. The van der Waals surface area contributed by atoms with Crippen LogP contribution in [-0.4, -0.2) is 54.9 Å². The summed E-state index contributed by atoms with van der Waals surface area (Å²) in [4.78, 5) is 31.3. The zero-order valence-corrected chi connectivity index (χ0v) is 17.2. The lowest BCUT2D eigenvalue weighted by atomic mass is 10.1. The minimum Gasteiger partial charge on any atom is -0.354 e. The van der Waals surface area contributed by atoms with Crippen molar-refractivity contribution in [1.29, 1.82) is 0 Å². The highest BCUT2D eigenvalue weighted by Crippen LogP contribution is 2.38. The summed E-state index contributed by atoms with van der Waals surface area (Å²) in [5.41, 5.74) is 3.01. The van der Waals surface area contributed by atoms with Crippen molar-refractivity contribution < 1.29 is 14.1 Å². The number of rotatable bonds is 6. The van der Waals surface area contributed by atoms with Gasteiger partial charge in [-0.25, -0.2) is 4.68 Å². The first-order valence-corrected chi connectivity index (χ1v) is 10.4. The largest absolute Gasteiger partial charge is 0.354 e. The molecule has 0 saturated carbocycles. The molecule has 1 saturated heterocycles. The SMILES string of the molecule is Cc1noc(-c2cn(CCNC(=O)[C@@H]3CC(=O)N([C@@H]4CCc5ccccc54)C3)nn2)n1. The second kappa shape index (κ2) is 7.93. The number of amides is 2. The van der Waals surface area contributed by atoms with E-state index in [1.165, 1.54) is 11.1 Å². The standard InChI is InChI=1S/C21H23N7O3/c1-13-23-21(31-25-13)17-12-27(26-24-17)9-8-22-20(30)15-10-19(29)28(11-15)18-7-6-14-4-2-3-5-16(14)18/h2-5,12,15,18H,6-11H2,1H3,(H,22,30)/t15-,18-/m1/s1. The van der Waals surface area contributed by atoms with Gasteiger partial charge in [0.05, 0.1) is 24.7 Å². The van der Waals surface area contributed by atoms with Crippen molar-refractivity contribution >= 4 is 11.8 Å². The zero-order valence-electron chi connectivity index (χ0n) is 17.2. The van der Waals surface area contributed by atoms with E-state index in [0.29, 0.717) is 37.0 Å². The summed E-state index contributed by atoms with van der Waals surface area (Å²) in [6.07, 6.45) is 3.85. The molecule has 0 radical (unpaired) electrons. The summed E-state index contributed by atoms with van der Waals surface area (Å²) in [5, 5.41) is 14.7. The smallest absolute Gasteiger partial charge is 0.280 e. The lowest BCUT2D eigenvalue weighted by Crippen LogP contribution is -2.35. The molecule has 2 amide bonds. The van der Waals surface area contributed by atoms with Crippen LogP contribution >= 0.6 is 0 Å². The van der Waals surface area contributed by atoms with Crippen molar-refractivity contribution in [1.82, 2.24) is 35.4 Å². The highest BCUT2D eigenvalue weighted by molar-refractivity contribution is 5.89. The highest BCUT2D eigenvalue weighted by atomic mass is 16.5. The van der Waals surface area contributed by atoms with Crippen LogP contribution < -0.4 is 5.32 Å². The maximum absolute atomic E-state index is 12.6. The van der Waals surface area contributed by atoms with Crippen molar-refractivity contribution in [2.45, 2.75) is 38.8 Å². The van der Waals surface area contributed by atoms with Crippen molar-refractivity contribution in [3.63, 3.8) is 0 Å². The van der Waals surface area contributed by atoms with Crippen LogP contribution in [0.15, 0.2) is 35.0 Å². The summed E-state index contributed by atoms with van der Waals surface area (Å²) in [6.45, 7) is 3.04. The van der Waals surface area contributed by atoms with Gasteiger partial charge < -0.3 is 14.7 Å². The number of fused-ring (bicyclic) bond motifs is 1. The molecule has 10 heteroatoms. The molecule has 1 aliphatic carbocycles. The number of hydrogen-bond donors (Lipinski definition) is 1. The van der Waals surface area contributed by atoms with Gasteiger partial charge in [-0.3, -0.25) is 9.59 Å². The number of likely N-dealkylation sites (tertiary alicyclic amines) is 1. The second-order valence-corrected chi connectivity index (χ2v) is 8.01. The average molecular weight is 421 g/mol. The van der Waals surface area contributed by atoms with Crippen LogP contribution in [0, 0.1) is 12.8 Å². The van der Waals surface area contributed by atoms with Crippen LogP contribution in [0.4, 0.5) is 0 Å². The van der Waals surface area contributed by atoms with Crippen molar-refractivity contribution in [3.05, 3.63) is 47.4 Å². The van der Waals surface area contributed by atoms with E-state index in [1.54, 1.807) is 17.8 Å². The molecule has 1 aliphatic heterocycles. The molecule has 3 aromatic rings. The monoisotopic (exact) mass is 421 g/mol. The molecular weight excluding hydrogens is 398 g/mol. The van der Waals surface area contributed by atoms with Gasteiger partial charge in [0, 0.05) is 19.5 Å². The van der Waals surface area contributed by atoms with Gasteiger partial charge in [0.15, 0.2) is 11.5 Å². The van der Waals surface area contributed by atoms with Gasteiger partial charge in [-0.1, -0.05) is 34.6 Å². The van der Waals surface area contributed by atoms with Crippen molar-refractivity contribution in [2.24, 2.45) is 5.92 Å². The number of carbonyl (C=O) groups excluding carboxylic acids is 2. The topological polar surface area (TPSA) is 119 Å². The van der Waals surface area contributed by atoms with Gasteiger partial charge >= 0.3 is 0 Å². The minimum absolute atomic E-state index is 0.0534. The van der Waals surface area contributed by atoms with Crippen LogP contribution in [0.3, 0.4) is 0 Å². The first-order chi connectivity index (χ1) is 15.1. The molecule has 1 N–H and O–H groups in total. The fraction of sp³-hybridized carbons (Fsp3) is 0.429. The third-order valence-corrected chi connectivity index (χ3v) is 5.93. The Hall–Kier alpha value is -3.56. The highest BCUT2D eigenvalue weighted by Gasteiger charge is 2.40. The molecule has 5 rings (SSSR count). The Morgan fingerprint density at radius 1 is 1.32 bits per heavy atom. The molecule has 10 nitrogen and oxygen atoms in total. The Morgan fingerprint density at radius 2 is 2.19 bits per heavy atom. The first-order valence-electron chi connectivity index (χ1n) is 10.4. The molecule has 1 aromatic carbocycles. The summed E-state index contributed by atoms with van der Waals surface area (Å²) < 4.78 is 6.68. The maximum Gasteiger partial charge on any atom is 0.280 e. The Morgan fingerprint density at radius 3 is 3.03 bits per heavy atom. The van der Waals surface area contributed by atoms with Crippen LogP contribution in [0.2, 0.25) is 0 Å². The molecule has 3 heterocycles. The van der Waals surface area contributed by atoms with Crippen molar-refractivity contribution in [3.8, 4) is 11.6 Å². The maximum atomic E-state index is 12.6. The van der Waals surface area contributed by atoms with Gasteiger partial charge in [-0.2, -0.15) is 4.98 Å². The zero-order chi connectivity index (χ0) is 21.4. The number of hydrogen-bond acceptors (Lipinski definition) is 7. The van der Waals surface area contributed by atoms with E-state index in [1.807, 2.05) is 17.0 Å². The molecule has 2 atom stereocenters. The van der Waals surface area contributed by atoms with Gasteiger partial charge in [0.25, 0.3) is 5.89 Å². The number of aryl methyl sites for hydroxylation is 2. The molecule has 0 bridgehead atoms. The van der Waals surface area contributed by atoms with E-state index in [4.69, 9.17) is 4.52 Å². The predicted molar refractivity (Wildman–Crippen MR) is 108 cm³/mol. The van der Waals surface area contributed by atoms with E-state index < -0.39 is 0 Å². The third kappa shape index (κ3) is 3.80. The van der Waals surface area contributed by atoms with Gasteiger partial charge in [-0.15, -0.1) is 5.10 Å². The fourth-order valence-electron chi connectivity index (χ4n) is 4.41. The third-order valence-electron chi connectivity index (χ3n) is 5.93. The minimum atomic E-state index is -0.326. The van der Waals surface area contributed by atoms with E-state index in [-0.39, 0.29) is 30.2 Å². The van der Waals surface area contributed by atoms with Gasteiger partial charge in [0.2, 0.25) is 11.8 Å². The normalized spacial score (nSPS) is 20.3. The summed E-state index contributed by atoms with van der Waals surface area (Å²) in [7, 11) is 0. The number of benzene rings is 1. The average Bonchev–Trinajstić information content (AvgIpc) is 3.54. The molecule has 1 fully saturated rings. The van der Waals surface area contributed by atoms with Crippen molar-refractivity contribution in [2.75, 3.05) is 13.1 Å². The van der Waals surface area contributed by atoms with Crippen LogP contribution in [0.5, 0.6) is 0 Å². The molecule has 2 aliphatic rings. The fourth-order valence-corrected chi connectivity index (χ4v) is 4.41. The Labute approximate surface area is 178 Å². The molecule has 0 unspecified atom stereocenters. The van der Waals surface area contributed by atoms with E-state index in [2.05, 4.69) is 37.9 Å². The van der Waals surface area contributed by atoms with E-state index >= 15 is 0 Å². The lowest BCUT2D eigenvalue weighted by Gasteiger charge is -2.25. The van der Waals surface area contributed by atoms with E-state index in [9.17, 15) is 9.59 Å². The quantitative estimate of drug-likeness (QED) is 0.637. The molecule has 2 aromatic heterocycles. The molecule has 160 valence electrons. The number of nitrogens with zero attached hydrogens (tertiary/aromatic N) is 6. The number of aromatic nitrogens is 5. The van der Waals surface area contributed by atoms with Crippen LogP contribution in [0.1, 0.15) is 35.8 Å². The lowest BCUT2D eigenvalue weighted by molar-refractivity contribution is -0.130. The van der Waals surface area contributed by atoms with E-state index in [0.717, 1.165) is 12.8 Å². The Bertz CT molecular complexity index is 1120. The Kier molecular flexibility index (Phi) is 4.97.